The highest BCUT2D eigenvalue weighted by Crippen LogP contribution is 2.40. The predicted octanol–water partition coefficient (Wildman–Crippen LogP) is 2.20. The summed E-state index contributed by atoms with van der Waals surface area (Å²) >= 11 is 0. The fraction of sp³-hybridized carbons (Fsp3) is 0.190. The molecule has 33 heavy (non-hydrogen) atoms. The molecule has 0 spiro atoms. The second kappa shape index (κ2) is 8.04. The topological polar surface area (TPSA) is 112 Å². The molecular weight excluding hydrogens is 445 g/mol. The lowest BCUT2D eigenvalue weighted by atomic mass is 9.99. The summed E-state index contributed by atoms with van der Waals surface area (Å²) in [5, 5.41) is 6.88. The van der Waals surface area contributed by atoms with E-state index in [0.717, 1.165) is 43.2 Å². The van der Waals surface area contributed by atoms with E-state index < -0.39 is 47.0 Å². The lowest BCUT2D eigenvalue weighted by molar-refractivity contribution is -0.157. The lowest BCUT2D eigenvalue weighted by Gasteiger charge is -2.38. The first-order valence-electron chi connectivity index (χ1n) is 9.41. The van der Waals surface area contributed by atoms with Gasteiger partial charge in [0.15, 0.2) is 23.2 Å². The van der Waals surface area contributed by atoms with Gasteiger partial charge in [-0.25, -0.2) is 22.6 Å². The summed E-state index contributed by atoms with van der Waals surface area (Å²) in [7, 11) is 2.13. The van der Waals surface area contributed by atoms with Crippen LogP contribution < -0.4 is 10.9 Å². The standard InChI is InChI=1S/C21H15F3N4O5/c1-32-16(29)9-21(20(31)33-2)26-15-8-14(24)13(23)7-12(15)18-25-19(30)17(27-28(18)21)10-3-5-11(22)6-4-10/h3-8,26H,9H2,1-2H3/t21-/m0/s1. The van der Waals surface area contributed by atoms with Crippen LogP contribution in [0.4, 0.5) is 18.9 Å². The van der Waals surface area contributed by atoms with Crippen molar-refractivity contribution in [3.63, 3.8) is 0 Å². The molecule has 170 valence electrons. The van der Waals surface area contributed by atoms with Crippen LogP contribution in [-0.2, 0) is 24.7 Å². The lowest BCUT2D eigenvalue weighted by Crippen LogP contribution is -2.55. The first-order chi connectivity index (χ1) is 15.7. The summed E-state index contributed by atoms with van der Waals surface area (Å²) in [4.78, 5) is 41.9. The number of methoxy groups -OCH3 is 2. The van der Waals surface area contributed by atoms with Crippen LogP contribution in [0.15, 0.2) is 41.2 Å². The van der Waals surface area contributed by atoms with Gasteiger partial charge in [-0.2, -0.15) is 10.1 Å². The summed E-state index contributed by atoms with van der Waals surface area (Å²) in [6, 6.07) is 6.25. The number of ether oxygens (including phenoxy) is 2. The maximum Gasteiger partial charge on any atom is 0.355 e. The molecule has 3 aromatic rings. The van der Waals surface area contributed by atoms with Crippen LogP contribution in [0.1, 0.15) is 6.42 Å². The Balaban J connectivity index is 2.07. The molecule has 0 aliphatic carbocycles. The van der Waals surface area contributed by atoms with Gasteiger partial charge < -0.3 is 14.8 Å². The molecule has 0 amide bonds. The summed E-state index contributed by atoms with van der Waals surface area (Å²) in [5.41, 5.74) is -3.40. The van der Waals surface area contributed by atoms with Gasteiger partial charge in [-0.3, -0.25) is 9.59 Å². The average molecular weight is 460 g/mol. The number of esters is 2. The number of anilines is 1. The smallest absolute Gasteiger partial charge is 0.355 e. The van der Waals surface area contributed by atoms with Crippen molar-refractivity contribution in [3.05, 3.63) is 64.2 Å². The van der Waals surface area contributed by atoms with Crippen molar-refractivity contribution in [2.24, 2.45) is 0 Å². The number of rotatable bonds is 4. The SMILES string of the molecule is COC(=O)C[C@]1(C(=O)OC)Nc2cc(F)c(F)cc2-c2nc(=O)c(-c3ccc(F)cc3)nn21. The molecule has 4 rings (SSSR count). The molecule has 2 aromatic carbocycles. The van der Waals surface area contributed by atoms with E-state index in [9.17, 15) is 27.6 Å². The van der Waals surface area contributed by atoms with Crippen molar-refractivity contribution in [2.75, 3.05) is 19.5 Å². The second-order valence-corrected chi connectivity index (χ2v) is 7.05. The molecule has 0 saturated heterocycles. The minimum absolute atomic E-state index is 0.0893. The average Bonchev–Trinajstić information content (AvgIpc) is 2.80. The minimum atomic E-state index is -2.16. The molecule has 9 nitrogen and oxygen atoms in total. The van der Waals surface area contributed by atoms with Crippen LogP contribution in [0.2, 0.25) is 0 Å². The molecule has 0 fully saturated rings. The molecule has 1 aliphatic heterocycles. The fourth-order valence-corrected chi connectivity index (χ4v) is 3.51. The van der Waals surface area contributed by atoms with E-state index >= 15 is 0 Å². The van der Waals surface area contributed by atoms with Crippen molar-refractivity contribution in [1.82, 2.24) is 14.8 Å². The number of benzene rings is 2. The van der Waals surface area contributed by atoms with E-state index in [1.807, 2.05) is 0 Å². The Hall–Kier alpha value is -4.22. The Morgan fingerprint density at radius 3 is 2.36 bits per heavy atom. The molecule has 0 bridgehead atoms. The number of hydrogen-bond donors (Lipinski definition) is 1. The van der Waals surface area contributed by atoms with Gasteiger partial charge in [0.25, 0.3) is 5.56 Å². The number of nitrogens with zero attached hydrogens (tertiary/aromatic N) is 3. The number of aromatic nitrogens is 3. The van der Waals surface area contributed by atoms with Crippen LogP contribution in [0.5, 0.6) is 0 Å². The third kappa shape index (κ3) is 3.58. The molecule has 0 unspecified atom stereocenters. The quantitative estimate of drug-likeness (QED) is 0.590. The summed E-state index contributed by atoms with van der Waals surface area (Å²) in [5.74, 6) is -5.30. The Morgan fingerprint density at radius 2 is 1.73 bits per heavy atom. The Morgan fingerprint density at radius 1 is 1.06 bits per heavy atom. The molecule has 0 saturated carbocycles. The van der Waals surface area contributed by atoms with E-state index in [1.54, 1.807) is 0 Å². The van der Waals surface area contributed by atoms with Gasteiger partial charge in [0, 0.05) is 17.2 Å². The monoisotopic (exact) mass is 460 g/mol. The Kier molecular flexibility index (Phi) is 5.36. The highest BCUT2D eigenvalue weighted by atomic mass is 19.2. The molecule has 1 N–H and O–H groups in total. The van der Waals surface area contributed by atoms with Crippen molar-refractivity contribution in [2.45, 2.75) is 12.1 Å². The predicted molar refractivity (Wildman–Crippen MR) is 107 cm³/mol. The van der Waals surface area contributed by atoms with Gasteiger partial charge in [-0.05, 0) is 30.3 Å². The molecule has 1 aliphatic rings. The first-order valence-corrected chi connectivity index (χ1v) is 9.41. The summed E-state index contributed by atoms with van der Waals surface area (Å²) < 4.78 is 51.8. The molecule has 12 heteroatoms. The van der Waals surface area contributed by atoms with E-state index in [2.05, 4.69) is 20.1 Å². The Bertz CT molecular complexity index is 1340. The summed E-state index contributed by atoms with van der Waals surface area (Å²) in [6.07, 6.45) is -0.706. The van der Waals surface area contributed by atoms with Crippen molar-refractivity contribution >= 4 is 17.6 Å². The van der Waals surface area contributed by atoms with Crippen LogP contribution in [0.25, 0.3) is 22.6 Å². The third-order valence-corrected chi connectivity index (χ3v) is 5.08. The zero-order valence-corrected chi connectivity index (χ0v) is 17.2. The second-order valence-electron chi connectivity index (χ2n) is 7.05. The van der Waals surface area contributed by atoms with E-state index in [1.165, 1.54) is 12.1 Å². The number of hydrogen-bond acceptors (Lipinski definition) is 8. The Labute approximate surface area is 183 Å². The van der Waals surface area contributed by atoms with Gasteiger partial charge in [-0.15, -0.1) is 0 Å². The number of halogens is 3. The fourth-order valence-electron chi connectivity index (χ4n) is 3.51. The van der Waals surface area contributed by atoms with E-state index in [-0.39, 0.29) is 28.3 Å². The van der Waals surface area contributed by atoms with Crippen LogP contribution in [0.3, 0.4) is 0 Å². The summed E-state index contributed by atoms with van der Waals surface area (Å²) in [6.45, 7) is 0. The highest BCUT2D eigenvalue weighted by Gasteiger charge is 2.50. The zero-order valence-electron chi connectivity index (χ0n) is 17.2. The van der Waals surface area contributed by atoms with Gasteiger partial charge >= 0.3 is 11.9 Å². The largest absolute Gasteiger partial charge is 0.469 e. The minimum Gasteiger partial charge on any atom is -0.469 e. The number of carbonyl (C=O) groups is 2. The van der Waals surface area contributed by atoms with Gasteiger partial charge in [0.05, 0.1) is 19.9 Å². The normalized spacial score (nSPS) is 16.3. The van der Waals surface area contributed by atoms with Crippen molar-refractivity contribution in [1.29, 1.82) is 0 Å². The van der Waals surface area contributed by atoms with Crippen LogP contribution in [-0.4, -0.2) is 40.9 Å². The number of nitrogens with one attached hydrogen (secondary N) is 1. The third-order valence-electron chi connectivity index (χ3n) is 5.08. The van der Waals surface area contributed by atoms with Gasteiger partial charge in [-0.1, -0.05) is 0 Å². The molecule has 2 heterocycles. The molecule has 1 atom stereocenters. The zero-order chi connectivity index (χ0) is 23.9. The van der Waals surface area contributed by atoms with Crippen molar-refractivity contribution < 1.29 is 32.2 Å². The molecule has 0 radical (unpaired) electrons. The van der Waals surface area contributed by atoms with Gasteiger partial charge in [0.2, 0.25) is 5.66 Å². The van der Waals surface area contributed by atoms with E-state index in [0.29, 0.717) is 0 Å². The first kappa shape index (κ1) is 22.0. The number of carbonyl (C=O) groups excluding carboxylic acids is 2. The number of fused-ring (bicyclic) bond motifs is 3. The maximum atomic E-state index is 14.0. The highest BCUT2D eigenvalue weighted by molar-refractivity contribution is 5.92. The van der Waals surface area contributed by atoms with Gasteiger partial charge in [0.1, 0.15) is 12.2 Å². The molecule has 1 aromatic heterocycles. The maximum absolute atomic E-state index is 14.0. The van der Waals surface area contributed by atoms with Crippen molar-refractivity contribution in [3.8, 4) is 22.6 Å². The molecular formula is C21H15F3N4O5. The van der Waals surface area contributed by atoms with Crippen LogP contribution in [0, 0.1) is 17.5 Å². The van der Waals surface area contributed by atoms with E-state index in [4.69, 9.17) is 4.74 Å². The van der Waals surface area contributed by atoms with Crippen LogP contribution >= 0.6 is 0 Å².